The molecule has 1 heterocycles. The maximum atomic E-state index is 12.1. The van der Waals surface area contributed by atoms with Crippen LogP contribution in [0.2, 0.25) is 0 Å². The maximum absolute atomic E-state index is 12.1. The first-order chi connectivity index (χ1) is 10.6. The number of amides is 1. The van der Waals surface area contributed by atoms with Crippen molar-refractivity contribution >= 4 is 11.9 Å². The predicted octanol–water partition coefficient (Wildman–Crippen LogP) is 1.90. The molecule has 22 heavy (non-hydrogen) atoms. The van der Waals surface area contributed by atoms with Crippen molar-refractivity contribution in [3.63, 3.8) is 0 Å². The van der Waals surface area contributed by atoms with Crippen molar-refractivity contribution in [2.24, 2.45) is 0 Å². The summed E-state index contributed by atoms with van der Waals surface area (Å²) in [6.07, 6.45) is 2.44. The molecule has 120 valence electrons. The minimum Gasteiger partial charge on any atom is -0.482 e. The van der Waals surface area contributed by atoms with Gasteiger partial charge in [0, 0.05) is 6.61 Å². The van der Waals surface area contributed by atoms with E-state index in [0.29, 0.717) is 12.4 Å². The minimum absolute atomic E-state index is 0.0848. The molecule has 2 unspecified atom stereocenters. The first kappa shape index (κ1) is 16.3. The molecule has 6 heteroatoms. The number of carbonyl (C=O) groups is 2. The van der Waals surface area contributed by atoms with E-state index in [-0.39, 0.29) is 24.7 Å². The molecule has 0 aromatic heterocycles. The normalized spacial score (nSPS) is 19.2. The summed E-state index contributed by atoms with van der Waals surface area (Å²) in [4.78, 5) is 22.5. The van der Waals surface area contributed by atoms with E-state index in [1.165, 1.54) is 0 Å². The number of nitrogens with one attached hydrogen (secondary N) is 1. The lowest BCUT2D eigenvalue weighted by molar-refractivity contribution is -0.139. The van der Waals surface area contributed by atoms with Crippen molar-refractivity contribution in [2.75, 3.05) is 13.2 Å². The van der Waals surface area contributed by atoms with Crippen molar-refractivity contribution in [2.45, 2.75) is 38.3 Å². The molecule has 1 fully saturated rings. The minimum atomic E-state index is -1.02. The molecule has 1 aromatic rings. The number of carbonyl (C=O) groups excluding carboxylic acids is 1. The number of hydrogen-bond acceptors (Lipinski definition) is 4. The van der Waals surface area contributed by atoms with E-state index in [2.05, 4.69) is 5.32 Å². The van der Waals surface area contributed by atoms with Gasteiger partial charge in [0.25, 0.3) is 0 Å². The average Bonchev–Trinajstić information content (AvgIpc) is 2.54. The molecule has 1 aromatic carbocycles. The largest absolute Gasteiger partial charge is 0.482 e. The van der Waals surface area contributed by atoms with Gasteiger partial charge >= 0.3 is 5.97 Å². The number of hydrogen-bond donors (Lipinski definition) is 2. The Balaban J connectivity index is 1.87. The van der Waals surface area contributed by atoms with Crippen LogP contribution in [-0.2, 0) is 14.3 Å². The number of rotatable bonds is 6. The average molecular weight is 307 g/mol. The van der Waals surface area contributed by atoms with E-state index in [9.17, 15) is 9.59 Å². The van der Waals surface area contributed by atoms with Gasteiger partial charge in [0.15, 0.2) is 6.61 Å². The van der Waals surface area contributed by atoms with E-state index in [0.717, 1.165) is 24.8 Å². The molecule has 2 N–H and O–H groups in total. The zero-order valence-corrected chi connectivity index (χ0v) is 12.6. The topological polar surface area (TPSA) is 84.9 Å². The van der Waals surface area contributed by atoms with Gasteiger partial charge in [-0.15, -0.1) is 0 Å². The highest BCUT2D eigenvalue weighted by atomic mass is 16.5. The Morgan fingerprint density at radius 3 is 2.68 bits per heavy atom. The molecular weight excluding hydrogens is 286 g/mol. The molecule has 6 nitrogen and oxygen atoms in total. The third-order valence-electron chi connectivity index (χ3n) is 3.57. The molecule has 1 aliphatic rings. The van der Waals surface area contributed by atoms with Crippen molar-refractivity contribution in [1.82, 2.24) is 5.32 Å². The van der Waals surface area contributed by atoms with Gasteiger partial charge < -0.3 is 19.9 Å². The van der Waals surface area contributed by atoms with Crippen molar-refractivity contribution < 1.29 is 24.2 Å². The Labute approximate surface area is 129 Å². The quantitative estimate of drug-likeness (QED) is 0.838. The molecule has 0 bridgehead atoms. The highest BCUT2D eigenvalue weighted by Gasteiger charge is 2.23. The molecule has 0 saturated carbocycles. The summed E-state index contributed by atoms with van der Waals surface area (Å²) >= 11 is 0. The van der Waals surface area contributed by atoms with Gasteiger partial charge in [-0.25, -0.2) is 4.79 Å². The third-order valence-corrected chi connectivity index (χ3v) is 3.57. The number of carboxylic acids is 1. The smallest absolute Gasteiger partial charge is 0.341 e. The Bertz CT molecular complexity index is 508. The summed E-state index contributed by atoms with van der Waals surface area (Å²) in [5.41, 5.74) is 0.923. The van der Waals surface area contributed by atoms with Gasteiger partial charge in [-0.3, -0.25) is 4.79 Å². The number of carboxylic acid groups (broad SMARTS) is 1. The zero-order chi connectivity index (χ0) is 15.9. The maximum Gasteiger partial charge on any atom is 0.341 e. The lowest BCUT2D eigenvalue weighted by atomic mass is 10.1. The fourth-order valence-electron chi connectivity index (χ4n) is 2.33. The highest BCUT2D eigenvalue weighted by molar-refractivity contribution is 5.81. The van der Waals surface area contributed by atoms with Crippen LogP contribution in [0.1, 0.15) is 37.8 Å². The fourth-order valence-corrected chi connectivity index (χ4v) is 2.33. The third kappa shape index (κ3) is 4.73. The summed E-state index contributed by atoms with van der Waals surface area (Å²) in [5, 5.41) is 11.5. The Morgan fingerprint density at radius 1 is 1.36 bits per heavy atom. The zero-order valence-electron chi connectivity index (χ0n) is 12.6. The number of ether oxygens (including phenoxy) is 2. The standard InChI is InChI=1S/C16H21NO5/c1-11(17-16(20)14-4-2-3-9-21-14)12-5-7-13(8-6-12)22-10-15(18)19/h5-8,11,14H,2-4,9-10H2,1H3,(H,17,20)(H,18,19). The summed E-state index contributed by atoms with van der Waals surface area (Å²) in [7, 11) is 0. The second kappa shape index (κ2) is 7.79. The van der Waals surface area contributed by atoms with Gasteiger partial charge in [-0.1, -0.05) is 12.1 Å². The summed E-state index contributed by atoms with van der Waals surface area (Å²) in [5.74, 6) is -0.615. The molecule has 0 spiro atoms. The van der Waals surface area contributed by atoms with Gasteiger partial charge in [0.1, 0.15) is 11.9 Å². The Kier molecular flexibility index (Phi) is 5.77. The van der Waals surface area contributed by atoms with Crippen molar-refractivity contribution in [3.05, 3.63) is 29.8 Å². The van der Waals surface area contributed by atoms with Crippen LogP contribution < -0.4 is 10.1 Å². The van der Waals surface area contributed by atoms with Crippen LogP contribution in [0, 0.1) is 0 Å². The van der Waals surface area contributed by atoms with Gasteiger partial charge in [-0.05, 0) is 43.9 Å². The van der Waals surface area contributed by atoms with Crippen LogP contribution in [0.25, 0.3) is 0 Å². The second-order valence-corrected chi connectivity index (χ2v) is 5.34. The molecule has 2 atom stereocenters. The lowest BCUT2D eigenvalue weighted by Gasteiger charge is -2.24. The molecule has 0 radical (unpaired) electrons. The van der Waals surface area contributed by atoms with Crippen LogP contribution in [0.4, 0.5) is 0 Å². The van der Waals surface area contributed by atoms with Crippen LogP contribution in [0.5, 0.6) is 5.75 Å². The van der Waals surface area contributed by atoms with Gasteiger partial charge in [0.2, 0.25) is 5.91 Å². The second-order valence-electron chi connectivity index (χ2n) is 5.34. The Morgan fingerprint density at radius 2 is 2.09 bits per heavy atom. The molecule has 1 aliphatic heterocycles. The van der Waals surface area contributed by atoms with E-state index >= 15 is 0 Å². The van der Waals surface area contributed by atoms with Gasteiger partial charge in [-0.2, -0.15) is 0 Å². The molecular formula is C16H21NO5. The first-order valence-corrected chi connectivity index (χ1v) is 7.43. The van der Waals surface area contributed by atoms with Crippen molar-refractivity contribution in [1.29, 1.82) is 0 Å². The Hall–Kier alpha value is -2.08. The SMILES string of the molecule is CC(NC(=O)C1CCCCO1)c1ccc(OCC(=O)O)cc1. The van der Waals surface area contributed by atoms with Crippen LogP contribution in [0.3, 0.4) is 0 Å². The van der Waals surface area contributed by atoms with E-state index in [1.807, 2.05) is 19.1 Å². The van der Waals surface area contributed by atoms with E-state index in [1.54, 1.807) is 12.1 Å². The van der Waals surface area contributed by atoms with Crippen molar-refractivity contribution in [3.8, 4) is 5.75 Å². The monoisotopic (exact) mass is 307 g/mol. The summed E-state index contributed by atoms with van der Waals surface area (Å²) in [6.45, 7) is 2.17. The van der Waals surface area contributed by atoms with Crippen LogP contribution >= 0.6 is 0 Å². The highest BCUT2D eigenvalue weighted by Crippen LogP contribution is 2.19. The predicted molar refractivity (Wildman–Crippen MR) is 79.7 cm³/mol. The molecule has 1 amide bonds. The summed E-state index contributed by atoms with van der Waals surface area (Å²) in [6, 6.07) is 6.86. The van der Waals surface area contributed by atoms with Crippen LogP contribution in [-0.4, -0.2) is 36.3 Å². The molecule has 2 rings (SSSR count). The lowest BCUT2D eigenvalue weighted by Crippen LogP contribution is -2.39. The number of benzene rings is 1. The first-order valence-electron chi connectivity index (χ1n) is 7.43. The van der Waals surface area contributed by atoms with E-state index < -0.39 is 5.97 Å². The van der Waals surface area contributed by atoms with Crippen LogP contribution in [0.15, 0.2) is 24.3 Å². The number of aliphatic carboxylic acids is 1. The molecule has 1 saturated heterocycles. The molecule has 0 aliphatic carbocycles. The summed E-state index contributed by atoms with van der Waals surface area (Å²) < 4.78 is 10.5. The van der Waals surface area contributed by atoms with Gasteiger partial charge in [0.05, 0.1) is 6.04 Å². The van der Waals surface area contributed by atoms with E-state index in [4.69, 9.17) is 14.6 Å². The fraction of sp³-hybridized carbons (Fsp3) is 0.500.